The van der Waals surface area contributed by atoms with Crippen LogP contribution in [-0.2, 0) is 0 Å². The Kier molecular flexibility index (Phi) is 4.56. The van der Waals surface area contributed by atoms with Crippen LogP contribution in [0, 0.1) is 0 Å². The maximum atomic E-state index is 10.4. The van der Waals surface area contributed by atoms with Crippen molar-refractivity contribution in [1.82, 2.24) is 0 Å². The zero-order valence-electron chi connectivity index (χ0n) is 12.2. The van der Waals surface area contributed by atoms with Crippen molar-refractivity contribution in [3.63, 3.8) is 0 Å². The number of benzene rings is 3. The fourth-order valence-corrected chi connectivity index (χ4v) is 2.12. The van der Waals surface area contributed by atoms with E-state index in [4.69, 9.17) is 22.3 Å². The Morgan fingerprint density at radius 2 is 1.39 bits per heavy atom. The Morgan fingerprint density at radius 3 is 1.96 bits per heavy atom. The van der Waals surface area contributed by atoms with Gasteiger partial charge in [-0.15, -0.1) is 0 Å². The molecule has 0 aliphatic heterocycles. The Bertz CT molecular complexity index is 801. The highest BCUT2D eigenvalue weighted by Gasteiger charge is 2.03. The quantitative estimate of drug-likeness (QED) is 0.438. The molecule has 23 heavy (non-hydrogen) atoms. The van der Waals surface area contributed by atoms with Gasteiger partial charge in [-0.3, -0.25) is 0 Å². The smallest absolute Gasteiger partial charge is 0.335 e. The zero-order chi connectivity index (χ0) is 17.0. The van der Waals surface area contributed by atoms with Crippen molar-refractivity contribution in [2.24, 2.45) is 0 Å². The molecule has 0 bridgehead atoms. The number of carbonyl (C=O) groups is 1. The SMILES string of the molecule is Nc1cc(N)cc(C(=O)O)c1.Nc1cccc2c(O)cccc12. The highest BCUT2D eigenvalue weighted by molar-refractivity contribution is 5.96. The van der Waals surface area contributed by atoms with Gasteiger partial charge in [-0.25, -0.2) is 4.79 Å². The standard InChI is InChI=1S/C10H9NO.C7H8N2O2/c11-9-5-1-4-8-7(9)3-2-6-10(8)12;8-5-1-4(7(10)11)2-6(9)3-5/h1-6,12H,11H2;1-3H,8-9H2,(H,10,11). The average Bonchev–Trinajstić information content (AvgIpc) is 2.48. The van der Waals surface area contributed by atoms with Gasteiger partial charge in [0.1, 0.15) is 5.75 Å². The summed E-state index contributed by atoms with van der Waals surface area (Å²) in [6.45, 7) is 0. The molecule has 3 rings (SSSR count). The van der Waals surface area contributed by atoms with Crippen LogP contribution in [0.25, 0.3) is 10.8 Å². The van der Waals surface area contributed by atoms with Crippen LogP contribution < -0.4 is 17.2 Å². The molecule has 6 heteroatoms. The second kappa shape index (κ2) is 6.57. The minimum Gasteiger partial charge on any atom is -0.507 e. The van der Waals surface area contributed by atoms with Gasteiger partial charge in [-0.2, -0.15) is 0 Å². The van der Waals surface area contributed by atoms with Crippen LogP contribution >= 0.6 is 0 Å². The van der Waals surface area contributed by atoms with E-state index >= 15 is 0 Å². The first-order valence-corrected chi connectivity index (χ1v) is 6.74. The lowest BCUT2D eigenvalue weighted by Gasteiger charge is -2.02. The number of nitrogen functional groups attached to an aromatic ring is 3. The van der Waals surface area contributed by atoms with E-state index in [0.717, 1.165) is 10.8 Å². The van der Waals surface area contributed by atoms with Gasteiger partial charge in [0, 0.05) is 27.8 Å². The van der Waals surface area contributed by atoms with E-state index in [1.54, 1.807) is 12.1 Å². The number of phenolic OH excluding ortho intramolecular Hbond substituents is 1. The van der Waals surface area contributed by atoms with Gasteiger partial charge in [0.2, 0.25) is 0 Å². The second-order valence-corrected chi connectivity index (χ2v) is 4.91. The predicted octanol–water partition coefficient (Wildman–Crippen LogP) is 2.68. The van der Waals surface area contributed by atoms with Crippen LogP contribution in [0.4, 0.5) is 17.1 Å². The summed E-state index contributed by atoms with van der Waals surface area (Å²) in [4.78, 5) is 10.4. The van der Waals surface area contributed by atoms with E-state index in [0.29, 0.717) is 17.1 Å². The van der Waals surface area contributed by atoms with Crippen molar-refractivity contribution in [2.45, 2.75) is 0 Å². The van der Waals surface area contributed by atoms with E-state index in [1.807, 2.05) is 24.3 Å². The maximum Gasteiger partial charge on any atom is 0.335 e. The fourth-order valence-electron chi connectivity index (χ4n) is 2.12. The lowest BCUT2D eigenvalue weighted by molar-refractivity contribution is 0.0697. The molecule has 0 unspecified atom stereocenters. The summed E-state index contributed by atoms with van der Waals surface area (Å²) in [5.74, 6) is -0.746. The number of anilines is 3. The van der Waals surface area contributed by atoms with Crippen molar-refractivity contribution < 1.29 is 15.0 Å². The maximum absolute atomic E-state index is 10.4. The van der Waals surface area contributed by atoms with Crippen molar-refractivity contribution in [3.8, 4) is 5.75 Å². The number of nitrogens with two attached hydrogens (primary N) is 3. The Balaban J connectivity index is 0.000000168. The summed E-state index contributed by atoms with van der Waals surface area (Å²) in [6.07, 6.45) is 0. The molecule has 3 aromatic rings. The van der Waals surface area contributed by atoms with Gasteiger partial charge < -0.3 is 27.4 Å². The van der Waals surface area contributed by atoms with Crippen LogP contribution in [0.5, 0.6) is 5.75 Å². The number of carboxylic acid groups (broad SMARTS) is 1. The van der Waals surface area contributed by atoms with E-state index in [1.165, 1.54) is 18.2 Å². The molecule has 0 atom stereocenters. The Labute approximate surface area is 132 Å². The van der Waals surface area contributed by atoms with Crippen molar-refractivity contribution in [1.29, 1.82) is 0 Å². The molecule has 0 heterocycles. The highest BCUT2D eigenvalue weighted by atomic mass is 16.4. The topological polar surface area (TPSA) is 136 Å². The third-order valence-electron chi connectivity index (χ3n) is 3.16. The molecule has 0 saturated heterocycles. The van der Waals surface area contributed by atoms with Gasteiger partial charge in [0.25, 0.3) is 0 Å². The molecule has 0 spiro atoms. The monoisotopic (exact) mass is 311 g/mol. The van der Waals surface area contributed by atoms with E-state index in [-0.39, 0.29) is 11.3 Å². The van der Waals surface area contributed by atoms with Crippen LogP contribution in [0.15, 0.2) is 54.6 Å². The lowest BCUT2D eigenvalue weighted by atomic mass is 10.1. The van der Waals surface area contributed by atoms with Gasteiger partial charge in [0.15, 0.2) is 0 Å². The van der Waals surface area contributed by atoms with Crippen molar-refractivity contribution in [3.05, 3.63) is 60.2 Å². The van der Waals surface area contributed by atoms with Gasteiger partial charge >= 0.3 is 5.97 Å². The summed E-state index contributed by atoms with van der Waals surface area (Å²) in [5, 5.41) is 19.7. The molecule has 0 radical (unpaired) electrons. The molecule has 0 saturated carbocycles. The van der Waals surface area contributed by atoms with E-state index in [9.17, 15) is 9.90 Å². The van der Waals surface area contributed by atoms with Crippen LogP contribution in [0.1, 0.15) is 10.4 Å². The molecule has 0 fully saturated rings. The van der Waals surface area contributed by atoms with Crippen LogP contribution in [-0.4, -0.2) is 16.2 Å². The molecule has 0 aliphatic rings. The summed E-state index contributed by atoms with van der Waals surface area (Å²) < 4.78 is 0. The molecular weight excluding hydrogens is 294 g/mol. The minimum absolute atomic E-state index is 0.113. The average molecular weight is 311 g/mol. The molecule has 3 aromatic carbocycles. The summed E-state index contributed by atoms with van der Waals surface area (Å²) >= 11 is 0. The second-order valence-electron chi connectivity index (χ2n) is 4.91. The first kappa shape index (κ1) is 16.0. The van der Waals surface area contributed by atoms with Crippen LogP contribution in [0.3, 0.4) is 0 Å². The number of rotatable bonds is 1. The number of fused-ring (bicyclic) bond motifs is 1. The first-order chi connectivity index (χ1) is 10.9. The first-order valence-electron chi connectivity index (χ1n) is 6.74. The van der Waals surface area contributed by atoms with Gasteiger partial charge in [-0.1, -0.05) is 24.3 Å². The molecule has 118 valence electrons. The summed E-state index contributed by atoms with van der Waals surface area (Å²) in [6, 6.07) is 15.1. The van der Waals surface area contributed by atoms with Crippen molar-refractivity contribution >= 4 is 33.8 Å². The number of aromatic carboxylic acids is 1. The largest absolute Gasteiger partial charge is 0.507 e. The van der Waals surface area contributed by atoms with E-state index < -0.39 is 5.97 Å². The summed E-state index contributed by atoms with van der Waals surface area (Å²) in [5.41, 5.74) is 18.0. The molecule has 8 N–H and O–H groups in total. The molecule has 0 aromatic heterocycles. The third-order valence-corrected chi connectivity index (χ3v) is 3.16. The number of hydrogen-bond donors (Lipinski definition) is 5. The molecular formula is C17H17N3O3. The third kappa shape index (κ3) is 3.82. The number of aromatic hydroxyl groups is 1. The van der Waals surface area contributed by atoms with E-state index in [2.05, 4.69) is 0 Å². The predicted molar refractivity (Wildman–Crippen MR) is 92.3 cm³/mol. The zero-order valence-corrected chi connectivity index (χ0v) is 12.2. The van der Waals surface area contributed by atoms with Crippen molar-refractivity contribution in [2.75, 3.05) is 17.2 Å². The lowest BCUT2D eigenvalue weighted by Crippen LogP contribution is -1.99. The number of phenols is 1. The Morgan fingerprint density at radius 1 is 0.826 bits per heavy atom. The molecule has 0 amide bonds. The Hall–Kier alpha value is -3.41. The number of hydrogen-bond acceptors (Lipinski definition) is 5. The molecule has 6 nitrogen and oxygen atoms in total. The fraction of sp³-hybridized carbons (Fsp3) is 0. The number of carboxylic acids is 1. The molecule has 0 aliphatic carbocycles. The van der Waals surface area contributed by atoms with Crippen LogP contribution in [0.2, 0.25) is 0 Å². The highest BCUT2D eigenvalue weighted by Crippen LogP contribution is 2.27. The summed E-state index contributed by atoms with van der Waals surface area (Å²) in [7, 11) is 0. The van der Waals surface area contributed by atoms with Gasteiger partial charge in [-0.05, 0) is 30.3 Å². The van der Waals surface area contributed by atoms with Gasteiger partial charge in [0.05, 0.1) is 5.56 Å². The minimum atomic E-state index is -1.02. The normalized spacial score (nSPS) is 9.91.